The molecule has 0 aliphatic carbocycles. The van der Waals surface area contributed by atoms with Crippen LogP contribution in [-0.2, 0) is 0 Å². The standard InChI is InChI=1S/C22H19N5O3/c1-29-16-10-7-15(8-11-16)20-21(28)24-22(27-25-20)26-23-13-18-17-6-4-3-5-14(17)9-12-19(18)30-2/h3-13H,1-2H3,(H2,24,26,27,28)/b23-13+. The summed E-state index contributed by atoms with van der Waals surface area (Å²) in [5, 5.41) is 14.3. The highest BCUT2D eigenvalue weighted by molar-refractivity contribution is 6.02. The van der Waals surface area contributed by atoms with Gasteiger partial charge in [-0.3, -0.25) is 9.78 Å². The monoisotopic (exact) mass is 401 g/mol. The molecule has 0 saturated carbocycles. The Hall–Kier alpha value is -4.20. The second kappa shape index (κ2) is 8.44. The molecule has 4 aromatic rings. The number of benzene rings is 3. The maximum atomic E-state index is 12.4. The van der Waals surface area contributed by atoms with Gasteiger partial charge in [-0.1, -0.05) is 30.3 Å². The third-order valence-corrected chi connectivity index (χ3v) is 4.58. The minimum Gasteiger partial charge on any atom is -0.497 e. The molecule has 150 valence electrons. The summed E-state index contributed by atoms with van der Waals surface area (Å²) in [6.07, 6.45) is 1.62. The third kappa shape index (κ3) is 3.83. The molecule has 0 spiro atoms. The number of hydrazone groups is 1. The molecule has 0 amide bonds. The van der Waals surface area contributed by atoms with Crippen molar-refractivity contribution < 1.29 is 9.47 Å². The molecule has 1 aromatic heterocycles. The van der Waals surface area contributed by atoms with E-state index >= 15 is 0 Å². The molecule has 0 atom stereocenters. The van der Waals surface area contributed by atoms with Crippen LogP contribution in [0.3, 0.4) is 0 Å². The lowest BCUT2D eigenvalue weighted by atomic mass is 10.0. The van der Waals surface area contributed by atoms with Crippen molar-refractivity contribution in [3.63, 3.8) is 0 Å². The predicted molar refractivity (Wildman–Crippen MR) is 116 cm³/mol. The van der Waals surface area contributed by atoms with Crippen LogP contribution in [0.2, 0.25) is 0 Å². The van der Waals surface area contributed by atoms with Gasteiger partial charge in [-0.05, 0) is 41.1 Å². The molecule has 1 heterocycles. The van der Waals surface area contributed by atoms with E-state index in [9.17, 15) is 4.79 Å². The van der Waals surface area contributed by atoms with Gasteiger partial charge in [-0.2, -0.15) is 5.10 Å². The smallest absolute Gasteiger partial charge is 0.279 e. The number of H-pyrrole nitrogens is 1. The van der Waals surface area contributed by atoms with Crippen molar-refractivity contribution in [2.75, 3.05) is 19.6 Å². The van der Waals surface area contributed by atoms with E-state index < -0.39 is 0 Å². The Kier molecular flexibility index (Phi) is 5.38. The SMILES string of the molecule is COc1ccc(-c2nnc(N/N=C/c3c(OC)ccc4ccccc34)[nH]c2=O)cc1. The van der Waals surface area contributed by atoms with Crippen molar-refractivity contribution in [3.05, 3.63) is 76.6 Å². The van der Waals surface area contributed by atoms with Crippen molar-refractivity contribution >= 4 is 22.9 Å². The van der Waals surface area contributed by atoms with Crippen LogP contribution in [0.5, 0.6) is 11.5 Å². The van der Waals surface area contributed by atoms with E-state index in [2.05, 4.69) is 25.7 Å². The van der Waals surface area contributed by atoms with Gasteiger partial charge >= 0.3 is 0 Å². The fraction of sp³-hybridized carbons (Fsp3) is 0.0909. The molecule has 8 nitrogen and oxygen atoms in total. The summed E-state index contributed by atoms with van der Waals surface area (Å²) in [6, 6.07) is 18.8. The number of fused-ring (bicyclic) bond motifs is 1. The maximum absolute atomic E-state index is 12.4. The molecule has 0 aliphatic heterocycles. The largest absolute Gasteiger partial charge is 0.497 e. The van der Waals surface area contributed by atoms with Crippen LogP contribution in [0.25, 0.3) is 22.0 Å². The second-order valence-corrected chi connectivity index (χ2v) is 6.35. The van der Waals surface area contributed by atoms with E-state index in [1.54, 1.807) is 44.7 Å². The highest BCUT2D eigenvalue weighted by Gasteiger charge is 2.08. The minimum absolute atomic E-state index is 0.132. The Labute approximate surface area is 172 Å². The number of hydrogen-bond donors (Lipinski definition) is 2. The average Bonchev–Trinajstić information content (AvgIpc) is 2.79. The van der Waals surface area contributed by atoms with E-state index in [0.717, 1.165) is 16.3 Å². The number of nitrogens with one attached hydrogen (secondary N) is 2. The fourth-order valence-electron chi connectivity index (χ4n) is 3.07. The molecule has 3 aromatic carbocycles. The molecule has 0 bridgehead atoms. The Morgan fingerprint density at radius 3 is 2.50 bits per heavy atom. The van der Waals surface area contributed by atoms with Crippen molar-refractivity contribution in [1.29, 1.82) is 0 Å². The summed E-state index contributed by atoms with van der Waals surface area (Å²) in [5.74, 6) is 1.51. The highest BCUT2D eigenvalue weighted by Crippen LogP contribution is 2.26. The molecule has 0 saturated heterocycles. The van der Waals surface area contributed by atoms with Gasteiger partial charge in [0, 0.05) is 11.1 Å². The quantitative estimate of drug-likeness (QED) is 0.379. The number of nitrogens with zero attached hydrogens (tertiary/aromatic N) is 3. The second-order valence-electron chi connectivity index (χ2n) is 6.35. The van der Waals surface area contributed by atoms with Gasteiger partial charge in [-0.25, -0.2) is 5.43 Å². The maximum Gasteiger partial charge on any atom is 0.279 e. The van der Waals surface area contributed by atoms with Crippen molar-refractivity contribution in [3.8, 4) is 22.8 Å². The van der Waals surface area contributed by atoms with Crippen LogP contribution in [0, 0.1) is 0 Å². The molecular formula is C22H19N5O3. The average molecular weight is 401 g/mol. The summed E-state index contributed by atoms with van der Waals surface area (Å²) >= 11 is 0. The van der Waals surface area contributed by atoms with Crippen LogP contribution in [-0.4, -0.2) is 35.6 Å². The molecular weight excluding hydrogens is 382 g/mol. The van der Waals surface area contributed by atoms with Gasteiger partial charge in [-0.15, -0.1) is 10.2 Å². The number of ether oxygens (including phenoxy) is 2. The van der Waals surface area contributed by atoms with Crippen molar-refractivity contribution in [2.45, 2.75) is 0 Å². The first-order chi connectivity index (χ1) is 14.7. The van der Waals surface area contributed by atoms with E-state index in [1.165, 1.54) is 0 Å². The molecule has 8 heteroatoms. The molecule has 0 unspecified atom stereocenters. The molecule has 30 heavy (non-hydrogen) atoms. The lowest BCUT2D eigenvalue weighted by Crippen LogP contribution is -2.15. The first kappa shape index (κ1) is 19.1. The predicted octanol–water partition coefficient (Wildman–Crippen LogP) is 3.45. The van der Waals surface area contributed by atoms with Gasteiger partial charge in [0.1, 0.15) is 11.5 Å². The topological polar surface area (TPSA) is 101 Å². The highest BCUT2D eigenvalue weighted by atomic mass is 16.5. The molecule has 4 rings (SSSR count). The number of methoxy groups -OCH3 is 2. The summed E-state index contributed by atoms with van der Waals surface area (Å²) < 4.78 is 10.6. The molecule has 0 radical (unpaired) electrons. The van der Waals surface area contributed by atoms with Crippen LogP contribution >= 0.6 is 0 Å². The Balaban J connectivity index is 1.57. The van der Waals surface area contributed by atoms with Crippen molar-refractivity contribution in [2.24, 2.45) is 5.10 Å². The summed E-state index contributed by atoms with van der Waals surface area (Å²) in [6.45, 7) is 0. The van der Waals surface area contributed by atoms with Crippen LogP contribution in [0.1, 0.15) is 5.56 Å². The Bertz CT molecular complexity index is 1270. The summed E-state index contributed by atoms with van der Waals surface area (Å²) in [4.78, 5) is 15.0. The zero-order valence-corrected chi connectivity index (χ0v) is 16.4. The fourth-order valence-corrected chi connectivity index (χ4v) is 3.07. The Morgan fingerprint density at radius 1 is 0.967 bits per heavy atom. The van der Waals surface area contributed by atoms with E-state index in [0.29, 0.717) is 17.1 Å². The van der Waals surface area contributed by atoms with Gasteiger partial charge in [0.15, 0.2) is 5.69 Å². The summed E-state index contributed by atoms with van der Waals surface area (Å²) in [7, 11) is 3.19. The van der Waals surface area contributed by atoms with Crippen LogP contribution in [0.4, 0.5) is 5.95 Å². The molecule has 0 aliphatic rings. The normalized spacial score (nSPS) is 11.0. The van der Waals surface area contributed by atoms with Gasteiger partial charge in [0.25, 0.3) is 5.56 Å². The molecule has 2 N–H and O–H groups in total. The zero-order valence-electron chi connectivity index (χ0n) is 16.4. The van der Waals surface area contributed by atoms with Crippen LogP contribution < -0.4 is 20.5 Å². The number of aromatic nitrogens is 3. The number of aromatic amines is 1. The summed E-state index contributed by atoms with van der Waals surface area (Å²) in [5.41, 5.74) is 4.00. The number of hydrogen-bond acceptors (Lipinski definition) is 7. The van der Waals surface area contributed by atoms with Gasteiger partial charge in [0.2, 0.25) is 5.95 Å². The van der Waals surface area contributed by atoms with Gasteiger partial charge < -0.3 is 9.47 Å². The van der Waals surface area contributed by atoms with E-state index in [1.807, 2.05) is 36.4 Å². The third-order valence-electron chi connectivity index (χ3n) is 4.58. The van der Waals surface area contributed by atoms with Gasteiger partial charge in [0.05, 0.1) is 20.4 Å². The van der Waals surface area contributed by atoms with E-state index in [-0.39, 0.29) is 17.2 Å². The van der Waals surface area contributed by atoms with Crippen molar-refractivity contribution in [1.82, 2.24) is 15.2 Å². The molecule has 0 fully saturated rings. The lowest BCUT2D eigenvalue weighted by molar-refractivity contribution is 0.414. The first-order valence-electron chi connectivity index (χ1n) is 9.16. The Morgan fingerprint density at radius 2 is 1.77 bits per heavy atom. The van der Waals surface area contributed by atoms with Crippen LogP contribution in [0.15, 0.2) is 70.6 Å². The minimum atomic E-state index is -0.379. The lowest BCUT2D eigenvalue weighted by Gasteiger charge is -2.08. The van der Waals surface area contributed by atoms with E-state index in [4.69, 9.17) is 9.47 Å². The number of rotatable bonds is 6. The number of anilines is 1. The zero-order chi connectivity index (χ0) is 20.9. The first-order valence-corrected chi connectivity index (χ1v) is 9.16.